The van der Waals surface area contributed by atoms with Crippen LogP contribution in [-0.4, -0.2) is 7.05 Å². The van der Waals surface area contributed by atoms with Gasteiger partial charge in [-0.05, 0) is 18.2 Å². The summed E-state index contributed by atoms with van der Waals surface area (Å²) in [4.78, 5) is 0. The quantitative estimate of drug-likeness (QED) is 0.702. The van der Waals surface area contributed by atoms with E-state index in [-0.39, 0.29) is 0 Å². The number of hydrogen-bond donors (Lipinski definition) is 1. The van der Waals surface area contributed by atoms with Crippen LogP contribution >= 0.6 is 0 Å². The Kier molecular flexibility index (Phi) is 2.04. The Hall–Kier alpha value is -1.70. The van der Waals surface area contributed by atoms with Gasteiger partial charge in [0.2, 0.25) is 0 Å². The van der Waals surface area contributed by atoms with E-state index in [1.807, 2.05) is 43.5 Å². The fourth-order valence-electron chi connectivity index (χ4n) is 1.21. The maximum atomic E-state index is 5.46. The summed E-state index contributed by atoms with van der Waals surface area (Å²) >= 11 is 0. The van der Waals surface area contributed by atoms with Crippen molar-refractivity contribution in [1.82, 2.24) is 5.32 Å². The molecule has 13 heavy (non-hydrogen) atoms. The molecule has 1 aliphatic heterocycles. The minimum atomic E-state index is 0.893. The second-order valence-corrected chi connectivity index (χ2v) is 2.81. The normalized spacial score (nSPS) is 13.8. The first-order chi connectivity index (χ1) is 6.40. The van der Waals surface area contributed by atoms with Crippen LogP contribution in [0.4, 0.5) is 0 Å². The van der Waals surface area contributed by atoms with E-state index in [9.17, 15) is 0 Å². The molecule has 1 aliphatic rings. The lowest BCUT2D eigenvalue weighted by Gasteiger charge is -2.02. The molecule has 1 heterocycles. The first-order valence-electron chi connectivity index (χ1n) is 4.22. The number of fused-ring (bicyclic) bond motifs is 1. The molecule has 0 unspecified atom stereocenters. The zero-order valence-corrected chi connectivity index (χ0v) is 7.45. The standard InChI is InChI=1S/C11H11NO/c1-12-10-7-6-9-4-2-3-5-11(9)13-8-10/h2-8,12H,1H3. The van der Waals surface area contributed by atoms with Crippen LogP contribution in [0.3, 0.4) is 0 Å². The Morgan fingerprint density at radius 2 is 2.00 bits per heavy atom. The highest BCUT2D eigenvalue weighted by Crippen LogP contribution is 2.22. The molecule has 0 saturated heterocycles. The molecule has 0 aromatic heterocycles. The maximum absolute atomic E-state index is 5.46. The van der Waals surface area contributed by atoms with Gasteiger partial charge >= 0.3 is 0 Å². The van der Waals surface area contributed by atoms with Gasteiger partial charge in [0, 0.05) is 12.6 Å². The van der Waals surface area contributed by atoms with E-state index in [1.54, 1.807) is 6.26 Å². The molecule has 0 bridgehead atoms. The molecular weight excluding hydrogens is 162 g/mol. The highest BCUT2D eigenvalue weighted by atomic mass is 16.5. The largest absolute Gasteiger partial charge is 0.462 e. The zero-order valence-electron chi connectivity index (χ0n) is 7.45. The molecule has 2 heteroatoms. The van der Waals surface area contributed by atoms with E-state index >= 15 is 0 Å². The molecule has 0 fully saturated rings. The highest BCUT2D eigenvalue weighted by Gasteiger charge is 2.02. The highest BCUT2D eigenvalue weighted by molar-refractivity contribution is 5.60. The van der Waals surface area contributed by atoms with Crippen LogP contribution in [0.25, 0.3) is 6.08 Å². The van der Waals surface area contributed by atoms with Crippen molar-refractivity contribution >= 4 is 6.08 Å². The Bertz CT molecular complexity index is 366. The van der Waals surface area contributed by atoms with Crippen LogP contribution in [0.5, 0.6) is 5.75 Å². The number of allylic oxidation sites excluding steroid dienone is 1. The first-order valence-corrected chi connectivity index (χ1v) is 4.22. The van der Waals surface area contributed by atoms with Crippen LogP contribution in [-0.2, 0) is 0 Å². The first kappa shape index (κ1) is 7.92. The molecular formula is C11H11NO. The van der Waals surface area contributed by atoms with Crippen LogP contribution in [0.15, 0.2) is 42.3 Å². The Morgan fingerprint density at radius 1 is 1.15 bits per heavy atom. The third kappa shape index (κ3) is 1.56. The van der Waals surface area contributed by atoms with Crippen molar-refractivity contribution in [3.63, 3.8) is 0 Å². The summed E-state index contributed by atoms with van der Waals surface area (Å²) in [6, 6.07) is 7.94. The topological polar surface area (TPSA) is 21.3 Å². The van der Waals surface area contributed by atoms with Crippen molar-refractivity contribution in [3.8, 4) is 5.75 Å². The van der Waals surface area contributed by atoms with E-state index < -0.39 is 0 Å². The Balaban J connectivity index is 2.39. The van der Waals surface area contributed by atoms with Gasteiger partial charge in [0.1, 0.15) is 12.0 Å². The van der Waals surface area contributed by atoms with Gasteiger partial charge in [-0.3, -0.25) is 0 Å². The molecule has 0 spiro atoms. The fraction of sp³-hybridized carbons (Fsp3) is 0.0909. The summed E-state index contributed by atoms with van der Waals surface area (Å²) in [5, 5.41) is 3.03. The van der Waals surface area contributed by atoms with E-state index in [0.29, 0.717) is 0 Å². The molecule has 66 valence electrons. The Morgan fingerprint density at radius 3 is 2.85 bits per heavy atom. The monoisotopic (exact) mass is 173 g/mol. The number of nitrogens with one attached hydrogen (secondary N) is 1. The number of rotatable bonds is 1. The predicted molar refractivity (Wildman–Crippen MR) is 53.2 cm³/mol. The molecule has 2 rings (SSSR count). The van der Waals surface area contributed by atoms with Crippen molar-refractivity contribution in [2.24, 2.45) is 0 Å². The van der Waals surface area contributed by atoms with E-state index in [1.165, 1.54) is 0 Å². The average molecular weight is 173 g/mol. The molecule has 0 saturated carbocycles. The van der Waals surface area contributed by atoms with Gasteiger partial charge in [-0.15, -0.1) is 0 Å². The van der Waals surface area contributed by atoms with Crippen LogP contribution in [0.2, 0.25) is 0 Å². The van der Waals surface area contributed by atoms with Gasteiger partial charge in [0.05, 0.1) is 5.70 Å². The molecule has 0 atom stereocenters. The van der Waals surface area contributed by atoms with Gasteiger partial charge in [0.15, 0.2) is 0 Å². The van der Waals surface area contributed by atoms with E-state index in [4.69, 9.17) is 4.74 Å². The lowest BCUT2D eigenvalue weighted by atomic mass is 10.2. The Labute approximate surface area is 77.5 Å². The summed E-state index contributed by atoms with van der Waals surface area (Å²) in [7, 11) is 1.87. The maximum Gasteiger partial charge on any atom is 0.133 e. The summed E-state index contributed by atoms with van der Waals surface area (Å²) in [6.45, 7) is 0. The summed E-state index contributed by atoms with van der Waals surface area (Å²) in [6.07, 6.45) is 5.73. The lowest BCUT2D eigenvalue weighted by Crippen LogP contribution is -2.03. The van der Waals surface area contributed by atoms with Crippen molar-refractivity contribution < 1.29 is 4.74 Å². The number of hydrogen-bond acceptors (Lipinski definition) is 2. The molecule has 2 nitrogen and oxygen atoms in total. The summed E-state index contributed by atoms with van der Waals surface area (Å²) in [5.74, 6) is 0.893. The third-order valence-corrected chi connectivity index (χ3v) is 1.96. The van der Waals surface area contributed by atoms with E-state index in [0.717, 1.165) is 17.0 Å². The average Bonchev–Trinajstić information content (AvgIpc) is 2.39. The van der Waals surface area contributed by atoms with Crippen LogP contribution in [0, 0.1) is 0 Å². The fourth-order valence-corrected chi connectivity index (χ4v) is 1.21. The molecule has 0 amide bonds. The second-order valence-electron chi connectivity index (χ2n) is 2.81. The van der Waals surface area contributed by atoms with Gasteiger partial charge in [-0.1, -0.05) is 18.2 Å². The SMILES string of the molecule is CNC1=COc2ccccc2C=C1. The summed E-state index contributed by atoms with van der Waals surface area (Å²) in [5.41, 5.74) is 2.07. The number of likely N-dealkylation sites (N-methyl/N-ethyl adjacent to an activating group) is 1. The molecule has 0 radical (unpaired) electrons. The van der Waals surface area contributed by atoms with Gasteiger partial charge < -0.3 is 10.1 Å². The third-order valence-electron chi connectivity index (χ3n) is 1.96. The van der Waals surface area contributed by atoms with Gasteiger partial charge in [-0.2, -0.15) is 0 Å². The predicted octanol–water partition coefficient (Wildman–Crippen LogP) is 2.15. The smallest absolute Gasteiger partial charge is 0.133 e. The molecule has 0 aliphatic carbocycles. The van der Waals surface area contributed by atoms with Crippen LogP contribution in [0.1, 0.15) is 5.56 Å². The minimum Gasteiger partial charge on any atom is -0.462 e. The van der Waals surface area contributed by atoms with Crippen molar-refractivity contribution in [1.29, 1.82) is 0 Å². The van der Waals surface area contributed by atoms with Gasteiger partial charge in [0.25, 0.3) is 0 Å². The van der Waals surface area contributed by atoms with Crippen molar-refractivity contribution in [2.45, 2.75) is 0 Å². The zero-order chi connectivity index (χ0) is 9.10. The molecule has 1 aromatic carbocycles. The molecule has 1 N–H and O–H groups in total. The number of ether oxygens (including phenoxy) is 1. The van der Waals surface area contributed by atoms with Gasteiger partial charge in [-0.25, -0.2) is 0 Å². The second kappa shape index (κ2) is 3.35. The minimum absolute atomic E-state index is 0.893. The van der Waals surface area contributed by atoms with Crippen molar-refractivity contribution in [3.05, 3.63) is 47.9 Å². The van der Waals surface area contributed by atoms with Crippen molar-refractivity contribution in [2.75, 3.05) is 7.05 Å². The summed E-state index contributed by atoms with van der Waals surface area (Å²) < 4.78 is 5.46. The number of para-hydroxylation sites is 1. The van der Waals surface area contributed by atoms with Crippen LogP contribution < -0.4 is 10.1 Å². The number of benzene rings is 1. The molecule has 1 aromatic rings. The lowest BCUT2D eigenvalue weighted by molar-refractivity contribution is 0.474. The van der Waals surface area contributed by atoms with E-state index in [2.05, 4.69) is 5.32 Å².